The summed E-state index contributed by atoms with van der Waals surface area (Å²) in [4.78, 5) is 48.0. The second kappa shape index (κ2) is 9.82. The topological polar surface area (TPSA) is 108 Å². The van der Waals surface area contributed by atoms with Crippen molar-refractivity contribution in [3.8, 4) is 5.69 Å². The van der Waals surface area contributed by atoms with Gasteiger partial charge in [0, 0.05) is 18.0 Å². The van der Waals surface area contributed by atoms with Crippen LogP contribution in [0.5, 0.6) is 0 Å². The Kier molecular flexibility index (Phi) is 7.46. The number of ether oxygens (including phenoxy) is 1. The number of nitrogens with zero attached hydrogens (tertiary/aromatic N) is 2. The van der Waals surface area contributed by atoms with Crippen LogP contribution in [0.15, 0.2) is 32.7 Å². The predicted molar refractivity (Wildman–Crippen MR) is 113 cm³/mol. The molecule has 0 radical (unpaired) electrons. The number of alkyl halides is 3. The van der Waals surface area contributed by atoms with E-state index < -0.39 is 58.2 Å². The summed E-state index contributed by atoms with van der Waals surface area (Å²) in [6.07, 6.45) is -4.02. The number of rotatable bonds is 8. The van der Waals surface area contributed by atoms with Gasteiger partial charge in [0.25, 0.3) is 5.56 Å². The van der Waals surface area contributed by atoms with E-state index in [1.165, 1.54) is 0 Å². The summed E-state index contributed by atoms with van der Waals surface area (Å²) in [6, 6.07) is 1.95. The minimum absolute atomic E-state index is 0.0824. The molecular weight excluding hydrogens is 508 g/mol. The van der Waals surface area contributed by atoms with E-state index in [4.69, 9.17) is 21.4 Å². The molecule has 184 valence electrons. The van der Waals surface area contributed by atoms with Crippen molar-refractivity contribution in [3.05, 3.63) is 55.6 Å². The Hall–Kier alpha value is -2.80. The monoisotopic (exact) mass is 524 g/mol. The molecule has 1 atom stereocenters. The maximum absolute atomic E-state index is 14.7. The fraction of sp³-hybridized carbons (Fsp3) is 0.400. The van der Waals surface area contributed by atoms with Crippen molar-refractivity contribution in [2.45, 2.75) is 35.6 Å². The molecule has 1 heterocycles. The number of carbonyl (C=O) groups is 2. The molecule has 0 spiro atoms. The van der Waals surface area contributed by atoms with Crippen LogP contribution < -0.4 is 11.2 Å². The number of carbonyl (C=O) groups excluding carboxylic acids is 1. The van der Waals surface area contributed by atoms with E-state index in [0.717, 1.165) is 30.9 Å². The van der Waals surface area contributed by atoms with Crippen molar-refractivity contribution >= 4 is 35.3 Å². The molecule has 1 aromatic carbocycles. The van der Waals surface area contributed by atoms with Crippen LogP contribution in [0.3, 0.4) is 0 Å². The van der Waals surface area contributed by atoms with Gasteiger partial charge in [-0.2, -0.15) is 13.2 Å². The molecule has 1 saturated carbocycles. The molecule has 1 N–H and O–H groups in total. The third-order valence-corrected chi connectivity index (χ3v) is 6.80. The molecule has 1 fully saturated rings. The number of benzene rings is 1. The Bertz CT molecular complexity index is 1260. The van der Waals surface area contributed by atoms with E-state index >= 15 is 0 Å². The Balaban J connectivity index is 2.00. The normalized spacial score (nSPS) is 14.6. The lowest BCUT2D eigenvalue weighted by Gasteiger charge is -2.18. The van der Waals surface area contributed by atoms with Gasteiger partial charge in [0.15, 0.2) is 0 Å². The van der Waals surface area contributed by atoms with Gasteiger partial charge in [0.05, 0.1) is 17.1 Å². The number of thioether (sulfide) groups is 1. The van der Waals surface area contributed by atoms with Crippen LogP contribution in [0, 0.1) is 11.7 Å². The molecule has 1 unspecified atom stereocenters. The van der Waals surface area contributed by atoms with Crippen LogP contribution in [-0.2, 0) is 27.5 Å². The van der Waals surface area contributed by atoms with E-state index in [2.05, 4.69) is 0 Å². The number of carboxylic acids is 1. The van der Waals surface area contributed by atoms with Crippen LogP contribution in [0.25, 0.3) is 5.69 Å². The summed E-state index contributed by atoms with van der Waals surface area (Å²) in [5, 5.41) is 7.70. The highest BCUT2D eigenvalue weighted by Crippen LogP contribution is 2.44. The molecule has 3 rings (SSSR count). The molecule has 1 aliphatic rings. The van der Waals surface area contributed by atoms with E-state index in [0.29, 0.717) is 12.8 Å². The zero-order valence-corrected chi connectivity index (χ0v) is 19.0. The fourth-order valence-corrected chi connectivity index (χ4v) is 4.63. The van der Waals surface area contributed by atoms with Gasteiger partial charge in [0.2, 0.25) is 0 Å². The number of carboxylic acid groups (broad SMARTS) is 1. The molecule has 1 aromatic heterocycles. The lowest BCUT2D eigenvalue weighted by atomic mass is 10.3. The summed E-state index contributed by atoms with van der Waals surface area (Å²) in [5.41, 5.74) is -4.97. The summed E-state index contributed by atoms with van der Waals surface area (Å²) in [7, 11) is 0.792. The molecule has 0 saturated heterocycles. The average molecular weight is 525 g/mol. The second-order valence-electron chi connectivity index (χ2n) is 7.46. The SMILES string of the molecule is Cn1c(C(F)(F)F)cc(=O)n(-c2cc(SC(C(=O)OCCC(=O)O)C3CC3)c(Cl)cc2F)c1=O. The molecule has 14 heteroatoms. The number of aliphatic carboxylic acids is 1. The molecule has 0 aliphatic heterocycles. The van der Waals surface area contributed by atoms with Crippen LogP contribution in [0.4, 0.5) is 17.6 Å². The van der Waals surface area contributed by atoms with Crippen LogP contribution in [0.1, 0.15) is 25.0 Å². The van der Waals surface area contributed by atoms with E-state index in [1.807, 2.05) is 0 Å². The van der Waals surface area contributed by atoms with Crippen LogP contribution >= 0.6 is 23.4 Å². The van der Waals surface area contributed by atoms with E-state index in [9.17, 15) is 36.7 Å². The summed E-state index contributed by atoms with van der Waals surface area (Å²) >= 11 is 6.96. The van der Waals surface area contributed by atoms with Crippen molar-refractivity contribution in [2.24, 2.45) is 13.0 Å². The van der Waals surface area contributed by atoms with Gasteiger partial charge >= 0.3 is 23.8 Å². The van der Waals surface area contributed by atoms with Gasteiger partial charge in [0.1, 0.15) is 23.4 Å². The Labute approximate surface area is 198 Å². The Morgan fingerprint density at radius 2 is 1.91 bits per heavy atom. The predicted octanol–water partition coefficient (Wildman–Crippen LogP) is 3.24. The summed E-state index contributed by atoms with van der Waals surface area (Å²) in [6.45, 7) is -0.350. The number of esters is 1. The Morgan fingerprint density at radius 3 is 2.47 bits per heavy atom. The Morgan fingerprint density at radius 1 is 1.26 bits per heavy atom. The highest BCUT2D eigenvalue weighted by molar-refractivity contribution is 8.00. The standard InChI is InChI=1S/C20H17ClF4N2O6S/c1-26-14(20(23,24)25)8-15(28)27(19(26)32)12-7-13(10(21)6-11(12)22)34-17(9-2-3-9)18(31)33-5-4-16(29)30/h6-9,17H,2-5H2,1H3,(H,29,30). The van der Waals surface area contributed by atoms with Gasteiger partial charge in [-0.25, -0.2) is 13.8 Å². The zero-order valence-electron chi connectivity index (χ0n) is 17.4. The van der Waals surface area contributed by atoms with Gasteiger partial charge in [-0.05, 0) is 30.9 Å². The molecule has 0 bridgehead atoms. The number of hydrogen-bond acceptors (Lipinski definition) is 6. The lowest BCUT2D eigenvalue weighted by molar-refractivity contribution is -0.146. The zero-order chi connectivity index (χ0) is 25.4. The van der Waals surface area contributed by atoms with Gasteiger partial charge in [-0.1, -0.05) is 11.6 Å². The smallest absolute Gasteiger partial charge is 0.431 e. The van der Waals surface area contributed by atoms with Crippen molar-refractivity contribution in [1.82, 2.24) is 9.13 Å². The second-order valence-corrected chi connectivity index (χ2v) is 9.05. The fourth-order valence-electron chi connectivity index (χ4n) is 3.09. The number of hydrogen-bond donors (Lipinski definition) is 1. The molecular formula is C20H17ClF4N2O6S. The van der Waals surface area contributed by atoms with Gasteiger partial charge in [-0.15, -0.1) is 11.8 Å². The minimum Gasteiger partial charge on any atom is -0.481 e. The first-order valence-electron chi connectivity index (χ1n) is 9.76. The largest absolute Gasteiger partial charge is 0.481 e. The third-order valence-electron chi connectivity index (χ3n) is 4.95. The molecule has 1 aliphatic carbocycles. The van der Waals surface area contributed by atoms with E-state index in [-0.39, 0.29) is 37.6 Å². The van der Waals surface area contributed by atoms with Crippen molar-refractivity contribution in [1.29, 1.82) is 0 Å². The van der Waals surface area contributed by atoms with Crippen LogP contribution in [0.2, 0.25) is 5.02 Å². The van der Waals surface area contributed by atoms with Crippen molar-refractivity contribution < 1.29 is 37.0 Å². The van der Waals surface area contributed by atoms with Crippen molar-refractivity contribution in [2.75, 3.05) is 6.61 Å². The third kappa shape index (κ3) is 5.63. The van der Waals surface area contributed by atoms with Gasteiger partial charge in [-0.3, -0.25) is 19.0 Å². The maximum atomic E-state index is 14.7. The maximum Gasteiger partial charge on any atom is 0.431 e. The first-order chi connectivity index (χ1) is 15.8. The molecule has 0 amide bonds. The summed E-state index contributed by atoms with van der Waals surface area (Å²) < 4.78 is 59.4. The quantitative estimate of drug-likeness (QED) is 0.321. The highest BCUT2D eigenvalue weighted by atomic mass is 35.5. The lowest BCUT2D eigenvalue weighted by Crippen LogP contribution is -2.41. The average Bonchev–Trinajstić information content (AvgIpc) is 3.55. The summed E-state index contributed by atoms with van der Waals surface area (Å²) in [5.74, 6) is -3.12. The first kappa shape index (κ1) is 25.8. The van der Waals surface area contributed by atoms with Gasteiger partial charge < -0.3 is 9.84 Å². The first-order valence-corrected chi connectivity index (χ1v) is 11.0. The molecule has 8 nitrogen and oxygen atoms in total. The van der Waals surface area contributed by atoms with Crippen LogP contribution in [-0.4, -0.2) is 38.0 Å². The van der Waals surface area contributed by atoms with E-state index in [1.54, 1.807) is 0 Å². The number of halogens is 5. The van der Waals surface area contributed by atoms with Crippen molar-refractivity contribution in [3.63, 3.8) is 0 Å². The molecule has 34 heavy (non-hydrogen) atoms. The molecule has 2 aromatic rings. The number of aromatic nitrogens is 2. The minimum atomic E-state index is -4.98. The highest BCUT2D eigenvalue weighted by Gasteiger charge is 2.39.